The highest BCUT2D eigenvalue weighted by molar-refractivity contribution is 9.09. The molecule has 1 saturated carbocycles. The number of hydrogen-bond donors (Lipinski definition) is 0. The minimum Gasteiger partial charge on any atom is -0.299 e. The predicted octanol–water partition coefficient (Wildman–Crippen LogP) is 4.82. The van der Waals surface area contributed by atoms with Crippen LogP contribution >= 0.6 is 15.9 Å². The fraction of sp³-hybridized carbons (Fsp3) is 0.667. The summed E-state index contributed by atoms with van der Waals surface area (Å²) in [6, 6.07) is 11.9. The van der Waals surface area contributed by atoms with Crippen molar-refractivity contribution in [1.29, 1.82) is 0 Å². The molecule has 0 bridgehead atoms. The minimum absolute atomic E-state index is 0.637. The molecule has 0 aromatic heterocycles. The van der Waals surface area contributed by atoms with Crippen LogP contribution in [0.15, 0.2) is 30.3 Å². The Morgan fingerprint density at radius 3 is 2.50 bits per heavy atom. The van der Waals surface area contributed by atoms with Gasteiger partial charge in [-0.15, -0.1) is 0 Å². The first-order chi connectivity index (χ1) is 9.88. The van der Waals surface area contributed by atoms with Gasteiger partial charge in [0.25, 0.3) is 0 Å². The topological polar surface area (TPSA) is 3.24 Å². The molecule has 2 heteroatoms. The Kier molecular flexibility index (Phi) is 5.17. The van der Waals surface area contributed by atoms with Crippen molar-refractivity contribution in [1.82, 2.24) is 4.90 Å². The Balaban J connectivity index is 1.65. The van der Waals surface area contributed by atoms with E-state index in [1.165, 1.54) is 57.2 Å². The Bertz CT molecular complexity index is 399. The molecular weight excluding hydrogens is 310 g/mol. The lowest BCUT2D eigenvalue weighted by Gasteiger charge is -2.32. The second-order valence-corrected chi connectivity index (χ2v) is 7.16. The van der Waals surface area contributed by atoms with Crippen LogP contribution in [0.4, 0.5) is 0 Å². The van der Waals surface area contributed by atoms with Gasteiger partial charge in [-0.1, -0.05) is 59.1 Å². The van der Waals surface area contributed by atoms with E-state index in [0.717, 1.165) is 17.3 Å². The van der Waals surface area contributed by atoms with Crippen molar-refractivity contribution < 1.29 is 0 Å². The molecule has 2 fully saturated rings. The number of benzene rings is 1. The van der Waals surface area contributed by atoms with Gasteiger partial charge in [0.1, 0.15) is 0 Å². The van der Waals surface area contributed by atoms with Crippen LogP contribution < -0.4 is 0 Å². The number of likely N-dealkylation sites (tertiary alicyclic amines) is 1. The SMILES string of the molecule is BrCC(CN1CCCC1C1CCCC1)c1ccccc1. The minimum atomic E-state index is 0.637. The zero-order valence-corrected chi connectivity index (χ0v) is 13.9. The highest BCUT2D eigenvalue weighted by Crippen LogP contribution is 2.36. The average Bonchev–Trinajstić information content (AvgIpc) is 3.16. The van der Waals surface area contributed by atoms with E-state index < -0.39 is 0 Å². The third-order valence-corrected chi connectivity index (χ3v) is 6.05. The fourth-order valence-electron chi connectivity index (χ4n) is 4.21. The van der Waals surface area contributed by atoms with Gasteiger partial charge < -0.3 is 0 Å². The van der Waals surface area contributed by atoms with E-state index in [-0.39, 0.29) is 0 Å². The Morgan fingerprint density at radius 1 is 1.05 bits per heavy atom. The summed E-state index contributed by atoms with van der Waals surface area (Å²) in [5, 5.41) is 1.07. The van der Waals surface area contributed by atoms with Crippen LogP contribution in [0.3, 0.4) is 0 Å². The van der Waals surface area contributed by atoms with Crippen molar-refractivity contribution in [3.63, 3.8) is 0 Å². The van der Waals surface area contributed by atoms with Gasteiger partial charge in [-0.2, -0.15) is 0 Å². The zero-order chi connectivity index (χ0) is 13.8. The first-order valence-corrected chi connectivity index (χ1v) is 9.35. The van der Waals surface area contributed by atoms with Crippen LogP contribution in [0, 0.1) is 5.92 Å². The quantitative estimate of drug-likeness (QED) is 0.697. The highest BCUT2D eigenvalue weighted by Gasteiger charge is 2.34. The van der Waals surface area contributed by atoms with E-state index in [1.807, 2.05) is 0 Å². The molecule has 3 rings (SSSR count). The maximum Gasteiger partial charge on any atom is 0.0124 e. The largest absolute Gasteiger partial charge is 0.299 e. The van der Waals surface area contributed by atoms with E-state index >= 15 is 0 Å². The third kappa shape index (κ3) is 3.28. The van der Waals surface area contributed by atoms with Crippen molar-refractivity contribution >= 4 is 15.9 Å². The molecule has 110 valence electrons. The smallest absolute Gasteiger partial charge is 0.0124 e. The second kappa shape index (κ2) is 7.09. The molecule has 0 N–H and O–H groups in total. The Labute approximate surface area is 131 Å². The van der Waals surface area contributed by atoms with Gasteiger partial charge in [0.15, 0.2) is 0 Å². The molecule has 1 aliphatic carbocycles. The monoisotopic (exact) mass is 335 g/mol. The van der Waals surface area contributed by atoms with Gasteiger partial charge >= 0.3 is 0 Å². The molecule has 1 aliphatic heterocycles. The number of hydrogen-bond acceptors (Lipinski definition) is 1. The van der Waals surface area contributed by atoms with Gasteiger partial charge in [-0.3, -0.25) is 4.90 Å². The van der Waals surface area contributed by atoms with Crippen molar-refractivity contribution in [2.75, 3.05) is 18.4 Å². The Hall–Kier alpha value is -0.340. The maximum atomic E-state index is 3.74. The normalized spacial score (nSPS) is 26.1. The summed E-state index contributed by atoms with van der Waals surface area (Å²) in [5.74, 6) is 1.63. The summed E-state index contributed by atoms with van der Waals surface area (Å²) in [4.78, 5) is 2.80. The second-order valence-electron chi connectivity index (χ2n) is 6.51. The summed E-state index contributed by atoms with van der Waals surface area (Å²) in [6.07, 6.45) is 8.74. The number of alkyl halides is 1. The summed E-state index contributed by atoms with van der Waals surface area (Å²) in [7, 11) is 0. The van der Waals surface area contributed by atoms with Crippen LogP contribution in [-0.2, 0) is 0 Å². The molecule has 1 heterocycles. The van der Waals surface area contributed by atoms with Crippen molar-refractivity contribution in [2.24, 2.45) is 5.92 Å². The van der Waals surface area contributed by atoms with Crippen LogP contribution in [-0.4, -0.2) is 29.4 Å². The number of nitrogens with zero attached hydrogens (tertiary/aromatic N) is 1. The molecule has 1 saturated heterocycles. The number of rotatable bonds is 5. The van der Waals surface area contributed by atoms with Gasteiger partial charge in [-0.25, -0.2) is 0 Å². The van der Waals surface area contributed by atoms with Gasteiger partial charge in [0.2, 0.25) is 0 Å². The van der Waals surface area contributed by atoms with E-state index in [0.29, 0.717) is 5.92 Å². The molecule has 0 amide bonds. The van der Waals surface area contributed by atoms with Gasteiger partial charge in [0.05, 0.1) is 0 Å². The van der Waals surface area contributed by atoms with Crippen LogP contribution in [0.2, 0.25) is 0 Å². The van der Waals surface area contributed by atoms with E-state index in [2.05, 4.69) is 51.2 Å². The maximum absolute atomic E-state index is 3.74. The molecule has 2 unspecified atom stereocenters. The van der Waals surface area contributed by atoms with Crippen molar-refractivity contribution in [2.45, 2.75) is 50.5 Å². The van der Waals surface area contributed by atoms with E-state index in [4.69, 9.17) is 0 Å². The fourth-order valence-corrected chi connectivity index (χ4v) is 4.78. The Morgan fingerprint density at radius 2 is 1.80 bits per heavy atom. The van der Waals surface area contributed by atoms with Crippen molar-refractivity contribution in [3.8, 4) is 0 Å². The summed E-state index contributed by atoms with van der Waals surface area (Å²) < 4.78 is 0. The third-order valence-electron chi connectivity index (χ3n) is 5.27. The highest BCUT2D eigenvalue weighted by atomic mass is 79.9. The first-order valence-electron chi connectivity index (χ1n) is 8.23. The standard InChI is InChI=1S/C18H26BrN/c19-13-17(15-7-2-1-3-8-15)14-20-12-6-11-18(20)16-9-4-5-10-16/h1-3,7-8,16-18H,4-6,9-14H2. The van der Waals surface area contributed by atoms with Gasteiger partial charge in [-0.05, 0) is 43.7 Å². The summed E-state index contributed by atoms with van der Waals surface area (Å²) >= 11 is 3.74. The molecule has 2 aliphatic rings. The lowest BCUT2D eigenvalue weighted by atomic mass is 9.94. The first kappa shape index (κ1) is 14.6. The van der Waals surface area contributed by atoms with E-state index in [1.54, 1.807) is 0 Å². The molecule has 0 spiro atoms. The molecule has 1 aromatic carbocycles. The summed E-state index contributed by atoms with van der Waals surface area (Å²) in [6.45, 7) is 2.55. The molecule has 2 atom stereocenters. The molecule has 0 radical (unpaired) electrons. The molecular formula is C18H26BrN. The lowest BCUT2D eigenvalue weighted by Crippen LogP contribution is -2.37. The lowest BCUT2D eigenvalue weighted by molar-refractivity contribution is 0.184. The molecule has 20 heavy (non-hydrogen) atoms. The molecule has 1 aromatic rings. The zero-order valence-electron chi connectivity index (χ0n) is 12.3. The van der Waals surface area contributed by atoms with Crippen molar-refractivity contribution in [3.05, 3.63) is 35.9 Å². The number of halogens is 1. The van der Waals surface area contributed by atoms with Gasteiger partial charge in [0, 0.05) is 23.8 Å². The molecule has 1 nitrogen and oxygen atoms in total. The average molecular weight is 336 g/mol. The van der Waals surface area contributed by atoms with E-state index in [9.17, 15) is 0 Å². The predicted molar refractivity (Wildman–Crippen MR) is 89.5 cm³/mol. The van der Waals surface area contributed by atoms with Crippen LogP contribution in [0.1, 0.15) is 50.0 Å². The van der Waals surface area contributed by atoms with Crippen LogP contribution in [0.25, 0.3) is 0 Å². The van der Waals surface area contributed by atoms with Crippen LogP contribution in [0.5, 0.6) is 0 Å². The summed E-state index contributed by atoms with van der Waals surface area (Å²) in [5.41, 5.74) is 1.49.